The number of hydrogen-bond donors (Lipinski definition) is 2. The predicted molar refractivity (Wildman–Crippen MR) is 70.4 cm³/mol. The summed E-state index contributed by atoms with van der Waals surface area (Å²) in [6.45, 7) is 0.0569. The summed E-state index contributed by atoms with van der Waals surface area (Å²) in [6, 6.07) is 1.41. The lowest BCUT2D eigenvalue weighted by atomic mass is 10.2. The number of primary amides is 1. The van der Waals surface area contributed by atoms with E-state index in [0.29, 0.717) is 0 Å². The zero-order chi connectivity index (χ0) is 14.6. The molecule has 0 saturated carbocycles. The van der Waals surface area contributed by atoms with Crippen molar-refractivity contribution in [2.75, 3.05) is 6.61 Å². The summed E-state index contributed by atoms with van der Waals surface area (Å²) in [5, 5.41) is 10.6. The predicted octanol–water partition coefficient (Wildman–Crippen LogP) is 1.48. The quantitative estimate of drug-likeness (QED) is 0.609. The van der Waals surface area contributed by atoms with E-state index < -0.39 is 16.9 Å². The highest BCUT2D eigenvalue weighted by Crippen LogP contribution is 2.36. The highest BCUT2D eigenvalue weighted by molar-refractivity contribution is 6.37. The number of nitrogens with two attached hydrogens (primary N) is 2. The lowest BCUT2D eigenvalue weighted by Crippen LogP contribution is -2.37. The van der Waals surface area contributed by atoms with Crippen LogP contribution in [0.3, 0.4) is 0 Å². The van der Waals surface area contributed by atoms with Crippen molar-refractivity contribution in [1.29, 1.82) is 0 Å². The number of rotatable bonds is 6. The van der Waals surface area contributed by atoms with Crippen LogP contribution in [0, 0.1) is 10.1 Å². The van der Waals surface area contributed by atoms with Gasteiger partial charge in [0.25, 0.3) is 5.69 Å². The number of carbonyl (C=O) groups is 1. The van der Waals surface area contributed by atoms with E-state index in [1.54, 1.807) is 0 Å². The van der Waals surface area contributed by atoms with Crippen molar-refractivity contribution in [3.05, 3.63) is 32.3 Å². The summed E-state index contributed by atoms with van der Waals surface area (Å²) in [5.74, 6) is -0.546. The van der Waals surface area contributed by atoms with Crippen molar-refractivity contribution in [2.45, 2.75) is 12.5 Å². The maximum absolute atomic E-state index is 10.7. The highest BCUT2D eigenvalue weighted by Gasteiger charge is 2.16. The van der Waals surface area contributed by atoms with E-state index in [1.165, 1.54) is 0 Å². The van der Waals surface area contributed by atoms with E-state index in [0.717, 1.165) is 12.1 Å². The monoisotopic (exact) mass is 307 g/mol. The first-order valence-electron chi connectivity index (χ1n) is 5.14. The SMILES string of the molecule is NC(=O)C(N)CCOc1c(Cl)cc([N+](=O)[O-])cc1Cl. The molecule has 0 aliphatic heterocycles. The van der Waals surface area contributed by atoms with Gasteiger partial charge in [-0.1, -0.05) is 23.2 Å². The maximum atomic E-state index is 10.7. The Balaban J connectivity index is 2.74. The van der Waals surface area contributed by atoms with Gasteiger partial charge >= 0.3 is 0 Å². The zero-order valence-electron chi connectivity index (χ0n) is 9.64. The van der Waals surface area contributed by atoms with Crippen molar-refractivity contribution in [1.82, 2.24) is 0 Å². The number of ether oxygens (including phenoxy) is 1. The Labute approximate surface area is 118 Å². The Kier molecular flexibility index (Phi) is 5.34. The summed E-state index contributed by atoms with van der Waals surface area (Å²) in [7, 11) is 0. The summed E-state index contributed by atoms with van der Waals surface area (Å²) in [5.41, 5.74) is 10.2. The number of nitrogens with zero attached hydrogens (tertiary/aromatic N) is 1. The van der Waals surface area contributed by atoms with Gasteiger partial charge < -0.3 is 16.2 Å². The Hall–Kier alpha value is -1.57. The van der Waals surface area contributed by atoms with Gasteiger partial charge in [0.05, 0.1) is 27.6 Å². The average molecular weight is 308 g/mol. The van der Waals surface area contributed by atoms with Crippen LogP contribution in [0.2, 0.25) is 10.0 Å². The van der Waals surface area contributed by atoms with Crippen molar-refractivity contribution < 1.29 is 14.5 Å². The van der Waals surface area contributed by atoms with Crippen LogP contribution in [0.15, 0.2) is 12.1 Å². The van der Waals surface area contributed by atoms with Gasteiger partial charge in [0.15, 0.2) is 5.75 Å². The van der Waals surface area contributed by atoms with E-state index >= 15 is 0 Å². The lowest BCUT2D eigenvalue weighted by molar-refractivity contribution is -0.384. The number of benzene rings is 1. The molecule has 1 aromatic rings. The van der Waals surface area contributed by atoms with Gasteiger partial charge in [-0.05, 0) is 0 Å². The molecule has 1 atom stereocenters. The molecule has 0 saturated heterocycles. The molecule has 1 amide bonds. The standard InChI is InChI=1S/C10H11Cl2N3O4/c11-6-3-5(15(17)18)4-7(12)9(6)19-2-1-8(13)10(14)16/h3-4,8H,1-2,13H2,(H2,14,16). The van der Waals surface area contributed by atoms with Crippen molar-refractivity contribution >= 4 is 34.8 Å². The minimum Gasteiger partial charge on any atom is -0.490 e. The molecule has 0 radical (unpaired) electrons. The van der Waals surface area contributed by atoms with Gasteiger partial charge in [0, 0.05) is 18.6 Å². The smallest absolute Gasteiger partial charge is 0.272 e. The second-order valence-corrected chi connectivity index (χ2v) is 4.46. The molecule has 7 nitrogen and oxygen atoms in total. The van der Waals surface area contributed by atoms with Crippen LogP contribution in [0.5, 0.6) is 5.75 Å². The van der Waals surface area contributed by atoms with Crippen LogP contribution in [0.25, 0.3) is 0 Å². The fourth-order valence-corrected chi connectivity index (χ4v) is 1.80. The molecule has 1 rings (SSSR count). The second-order valence-electron chi connectivity index (χ2n) is 3.64. The molecule has 0 aliphatic rings. The minimum atomic E-state index is -0.837. The molecule has 0 aromatic heterocycles. The molecular formula is C10H11Cl2N3O4. The molecule has 104 valence electrons. The number of non-ortho nitro benzene ring substituents is 1. The topological polar surface area (TPSA) is 121 Å². The van der Waals surface area contributed by atoms with Crippen molar-refractivity contribution in [2.24, 2.45) is 11.5 Å². The molecule has 0 aliphatic carbocycles. The number of hydrogen-bond acceptors (Lipinski definition) is 5. The highest BCUT2D eigenvalue weighted by atomic mass is 35.5. The first kappa shape index (κ1) is 15.5. The number of nitro benzene ring substituents is 1. The third kappa shape index (κ3) is 4.23. The number of amides is 1. The Morgan fingerprint density at radius 2 is 1.95 bits per heavy atom. The fourth-order valence-electron chi connectivity index (χ4n) is 1.22. The van der Waals surface area contributed by atoms with E-state index in [2.05, 4.69) is 0 Å². The third-order valence-corrected chi connectivity index (χ3v) is 2.80. The summed E-state index contributed by atoms with van der Waals surface area (Å²) in [6.07, 6.45) is 0.180. The number of halogens is 2. The first-order chi connectivity index (χ1) is 8.82. The van der Waals surface area contributed by atoms with Gasteiger partial charge in [-0.3, -0.25) is 14.9 Å². The third-order valence-electron chi connectivity index (χ3n) is 2.23. The molecule has 9 heteroatoms. The van der Waals surface area contributed by atoms with Crippen molar-refractivity contribution in [3.63, 3.8) is 0 Å². The molecule has 0 bridgehead atoms. The van der Waals surface area contributed by atoms with Crippen LogP contribution in [0.4, 0.5) is 5.69 Å². The normalized spacial score (nSPS) is 11.9. The summed E-state index contributed by atoms with van der Waals surface area (Å²) < 4.78 is 5.25. The largest absolute Gasteiger partial charge is 0.490 e. The van der Waals surface area contributed by atoms with E-state index in [4.69, 9.17) is 39.4 Å². The molecule has 4 N–H and O–H groups in total. The molecule has 1 aromatic carbocycles. The molecule has 1 unspecified atom stereocenters. The molecule has 0 fully saturated rings. The van der Waals surface area contributed by atoms with Crippen LogP contribution in [-0.2, 0) is 4.79 Å². The minimum absolute atomic E-state index is 0.00634. The zero-order valence-corrected chi connectivity index (χ0v) is 11.1. The summed E-state index contributed by atoms with van der Waals surface area (Å²) in [4.78, 5) is 20.7. The Bertz CT molecular complexity index is 487. The van der Waals surface area contributed by atoms with Crippen LogP contribution in [-0.4, -0.2) is 23.5 Å². The fraction of sp³-hybridized carbons (Fsp3) is 0.300. The average Bonchev–Trinajstić information content (AvgIpc) is 2.31. The van der Waals surface area contributed by atoms with Gasteiger partial charge in [-0.2, -0.15) is 0 Å². The Morgan fingerprint density at radius 1 is 1.42 bits per heavy atom. The Morgan fingerprint density at radius 3 is 2.37 bits per heavy atom. The van der Waals surface area contributed by atoms with Crippen molar-refractivity contribution in [3.8, 4) is 5.75 Å². The van der Waals surface area contributed by atoms with E-state index in [1.807, 2.05) is 0 Å². The van der Waals surface area contributed by atoms with Gasteiger partial charge in [0.2, 0.25) is 5.91 Å². The number of nitro groups is 1. The summed E-state index contributed by atoms with van der Waals surface area (Å²) >= 11 is 11.6. The molecule has 0 heterocycles. The van der Waals surface area contributed by atoms with E-state index in [-0.39, 0.29) is 34.5 Å². The van der Waals surface area contributed by atoms with Gasteiger partial charge in [-0.25, -0.2) is 0 Å². The van der Waals surface area contributed by atoms with Gasteiger partial charge in [0.1, 0.15) is 0 Å². The van der Waals surface area contributed by atoms with Crippen LogP contribution >= 0.6 is 23.2 Å². The van der Waals surface area contributed by atoms with Crippen LogP contribution < -0.4 is 16.2 Å². The first-order valence-corrected chi connectivity index (χ1v) is 5.89. The van der Waals surface area contributed by atoms with Gasteiger partial charge in [-0.15, -0.1) is 0 Å². The molecular weight excluding hydrogens is 297 g/mol. The molecule has 19 heavy (non-hydrogen) atoms. The molecule has 0 spiro atoms. The van der Waals surface area contributed by atoms with E-state index in [9.17, 15) is 14.9 Å². The number of carbonyl (C=O) groups excluding carboxylic acids is 1. The lowest BCUT2D eigenvalue weighted by Gasteiger charge is -2.11. The van der Waals surface area contributed by atoms with Crippen LogP contribution in [0.1, 0.15) is 6.42 Å². The maximum Gasteiger partial charge on any atom is 0.272 e. The second kappa shape index (κ2) is 6.55.